The van der Waals surface area contributed by atoms with E-state index in [4.69, 9.17) is 0 Å². The van der Waals surface area contributed by atoms with Crippen molar-refractivity contribution in [2.24, 2.45) is 0 Å². The third-order valence-corrected chi connectivity index (χ3v) is 5.65. The molecule has 0 fully saturated rings. The number of rotatable bonds is 4. The van der Waals surface area contributed by atoms with Crippen LogP contribution in [0.1, 0.15) is 52.4 Å². The number of carbonyl (C=O) groups is 1. The molecule has 2 heterocycles. The zero-order chi connectivity index (χ0) is 19.6. The fraction of sp³-hybridized carbons (Fsp3) is 0.333. The maximum absolute atomic E-state index is 12.4. The Morgan fingerprint density at radius 3 is 2.56 bits per heavy atom. The summed E-state index contributed by atoms with van der Waals surface area (Å²) in [6, 6.07) is 8.06. The fourth-order valence-corrected chi connectivity index (χ4v) is 3.55. The first kappa shape index (κ1) is 19.2. The van der Waals surface area contributed by atoms with E-state index in [1.807, 2.05) is 32.0 Å². The fourth-order valence-electron chi connectivity index (χ4n) is 2.66. The Hall–Kier alpha value is -2.60. The summed E-state index contributed by atoms with van der Waals surface area (Å²) in [5, 5.41) is 3.96. The molecule has 0 saturated carbocycles. The summed E-state index contributed by atoms with van der Waals surface area (Å²) >= 11 is 1.45. The molecule has 0 bridgehead atoms. The highest BCUT2D eigenvalue weighted by Gasteiger charge is 2.20. The number of nitrogens with one attached hydrogen (secondary N) is 1. The highest BCUT2D eigenvalue weighted by molar-refractivity contribution is 7.13. The molecule has 0 aliphatic carbocycles. The number of aromatic nitrogens is 3. The molecule has 2 aromatic heterocycles. The predicted octanol–water partition coefficient (Wildman–Crippen LogP) is 4.44. The number of aryl methyl sites for hydroxylation is 2. The van der Waals surface area contributed by atoms with Crippen molar-refractivity contribution in [1.82, 2.24) is 20.3 Å². The van der Waals surface area contributed by atoms with E-state index in [1.165, 1.54) is 11.3 Å². The third kappa shape index (κ3) is 4.57. The molecule has 1 aromatic carbocycles. The summed E-state index contributed by atoms with van der Waals surface area (Å²) in [6.07, 6.45) is 3.43. The van der Waals surface area contributed by atoms with Crippen LogP contribution in [-0.2, 0) is 12.0 Å². The summed E-state index contributed by atoms with van der Waals surface area (Å²) in [6.45, 7) is 10.7. The largest absolute Gasteiger partial charge is 0.347 e. The number of hydrogen-bond acceptors (Lipinski definition) is 5. The maximum atomic E-state index is 12.4. The van der Waals surface area contributed by atoms with E-state index in [1.54, 1.807) is 12.4 Å². The van der Waals surface area contributed by atoms with Crippen LogP contribution in [0.2, 0.25) is 0 Å². The van der Waals surface area contributed by atoms with Crippen molar-refractivity contribution in [3.63, 3.8) is 0 Å². The zero-order valence-electron chi connectivity index (χ0n) is 16.3. The SMILES string of the molecule is Cc1nccc(-c2ccc(CNC(=O)c3cnc(C(C)(C)C)s3)c(C)c2)n1. The molecule has 0 aliphatic rings. The maximum Gasteiger partial charge on any atom is 0.263 e. The Bertz CT molecular complexity index is 972. The first-order valence-corrected chi connectivity index (χ1v) is 9.70. The van der Waals surface area contributed by atoms with Gasteiger partial charge in [0.05, 0.1) is 16.9 Å². The Kier molecular flexibility index (Phi) is 5.37. The summed E-state index contributed by atoms with van der Waals surface area (Å²) in [5.41, 5.74) is 4.10. The van der Waals surface area contributed by atoms with Crippen molar-refractivity contribution in [3.8, 4) is 11.3 Å². The monoisotopic (exact) mass is 380 g/mol. The second kappa shape index (κ2) is 7.56. The second-order valence-corrected chi connectivity index (χ2v) is 8.62. The van der Waals surface area contributed by atoms with Crippen LogP contribution in [0.3, 0.4) is 0 Å². The van der Waals surface area contributed by atoms with Crippen molar-refractivity contribution < 1.29 is 4.79 Å². The number of carbonyl (C=O) groups excluding carboxylic acids is 1. The summed E-state index contributed by atoms with van der Waals surface area (Å²) in [4.78, 5) is 26.1. The van der Waals surface area contributed by atoms with Gasteiger partial charge in [-0.05, 0) is 37.1 Å². The first-order chi connectivity index (χ1) is 12.7. The minimum atomic E-state index is -0.0853. The van der Waals surface area contributed by atoms with Crippen molar-refractivity contribution in [3.05, 3.63) is 63.5 Å². The molecule has 5 nitrogen and oxygen atoms in total. The molecule has 0 atom stereocenters. The molecule has 3 rings (SSSR count). The predicted molar refractivity (Wildman–Crippen MR) is 109 cm³/mol. The van der Waals surface area contributed by atoms with Crippen molar-refractivity contribution in [2.45, 2.75) is 46.6 Å². The van der Waals surface area contributed by atoms with E-state index in [0.717, 1.165) is 33.2 Å². The molecule has 3 aromatic rings. The van der Waals surface area contributed by atoms with Crippen LogP contribution in [0.5, 0.6) is 0 Å². The van der Waals surface area contributed by atoms with Gasteiger partial charge in [0.25, 0.3) is 5.91 Å². The van der Waals surface area contributed by atoms with Gasteiger partial charge in [-0.15, -0.1) is 11.3 Å². The highest BCUT2D eigenvalue weighted by atomic mass is 32.1. The lowest BCUT2D eigenvalue weighted by atomic mass is 9.98. The Balaban J connectivity index is 1.69. The van der Waals surface area contributed by atoms with Gasteiger partial charge in [-0.3, -0.25) is 4.79 Å². The zero-order valence-corrected chi connectivity index (χ0v) is 17.1. The van der Waals surface area contributed by atoms with Gasteiger partial charge in [-0.25, -0.2) is 15.0 Å². The molecule has 0 radical (unpaired) electrons. The van der Waals surface area contributed by atoms with Crippen molar-refractivity contribution in [1.29, 1.82) is 0 Å². The van der Waals surface area contributed by atoms with Gasteiger partial charge in [0.2, 0.25) is 0 Å². The number of thiazole rings is 1. The number of hydrogen-bond donors (Lipinski definition) is 1. The molecule has 0 aliphatic heterocycles. The molecule has 27 heavy (non-hydrogen) atoms. The molecule has 1 amide bonds. The minimum absolute atomic E-state index is 0.0467. The quantitative estimate of drug-likeness (QED) is 0.726. The van der Waals surface area contributed by atoms with E-state index in [0.29, 0.717) is 11.4 Å². The molecular formula is C21H24N4OS. The van der Waals surface area contributed by atoms with Gasteiger partial charge in [0.15, 0.2) is 0 Å². The summed E-state index contributed by atoms with van der Waals surface area (Å²) in [7, 11) is 0. The van der Waals surface area contributed by atoms with E-state index < -0.39 is 0 Å². The second-order valence-electron chi connectivity index (χ2n) is 7.59. The van der Waals surface area contributed by atoms with Crippen LogP contribution >= 0.6 is 11.3 Å². The van der Waals surface area contributed by atoms with Gasteiger partial charge in [0, 0.05) is 23.7 Å². The van der Waals surface area contributed by atoms with E-state index in [9.17, 15) is 4.79 Å². The lowest BCUT2D eigenvalue weighted by Crippen LogP contribution is -2.22. The van der Waals surface area contributed by atoms with E-state index >= 15 is 0 Å². The lowest BCUT2D eigenvalue weighted by Gasteiger charge is -2.13. The van der Waals surface area contributed by atoms with Crippen LogP contribution in [0.25, 0.3) is 11.3 Å². The molecule has 1 N–H and O–H groups in total. The summed E-state index contributed by atoms with van der Waals surface area (Å²) in [5.74, 6) is 0.665. The van der Waals surface area contributed by atoms with Gasteiger partial charge >= 0.3 is 0 Å². The number of benzene rings is 1. The van der Waals surface area contributed by atoms with Crippen LogP contribution in [0.15, 0.2) is 36.7 Å². The third-order valence-electron chi connectivity index (χ3n) is 4.22. The topological polar surface area (TPSA) is 67.8 Å². The van der Waals surface area contributed by atoms with Crippen LogP contribution in [-0.4, -0.2) is 20.9 Å². The molecule has 6 heteroatoms. The van der Waals surface area contributed by atoms with E-state index in [-0.39, 0.29) is 11.3 Å². The van der Waals surface area contributed by atoms with Gasteiger partial charge in [0.1, 0.15) is 10.7 Å². The number of nitrogens with zero attached hydrogens (tertiary/aromatic N) is 3. The highest BCUT2D eigenvalue weighted by Crippen LogP contribution is 2.27. The van der Waals surface area contributed by atoms with Crippen molar-refractivity contribution >= 4 is 17.2 Å². The number of amides is 1. The first-order valence-electron chi connectivity index (χ1n) is 8.88. The minimum Gasteiger partial charge on any atom is -0.347 e. The molecule has 0 spiro atoms. The van der Waals surface area contributed by atoms with Crippen LogP contribution < -0.4 is 5.32 Å². The van der Waals surface area contributed by atoms with Gasteiger partial charge in [-0.2, -0.15) is 0 Å². The lowest BCUT2D eigenvalue weighted by molar-refractivity contribution is 0.0954. The normalized spacial score (nSPS) is 11.4. The Morgan fingerprint density at radius 1 is 1.15 bits per heavy atom. The average molecular weight is 381 g/mol. The molecule has 0 unspecified atom stereocenters. The standard InChI is InChI=1S/C21H24N4OS/c1-13-10-15(17-8-9-22-14(2)25-17)6-7-16(13)11-23-19(26)18-12-24-20(27-18)21(3,4)5/h6-10,12H,11H2,1-5H3,(H,23,26). The summed E-state index contributed by atoms with van der Waals surface area (Å²) < 4.78 is 0. The molecular weight excluding hydrogens is 356 g/mol. The van der Waals surface area contributed by atoms with Crippen LogP contribution in [0, 0.1) is 13.8 Å². The molecule has 0 saturated heterocycles. The average Bonchev–Trinajstić information content (AvgIpc) is 3.11. The van der Waals surface area contributed by atoms with Crippen molar-refractivity contribution in [2.75, 3.05) is 0 Å². The Labute approximate surface area is 163 Å². The van der Waals surface area contributed by atoms with Gasteiger partial charge < -0.3 is 5.32 Å². The van der Waals surface area contributed by atoms with Crippen LogP contribution in [0.4, 0.5) is 0 Å². The van der Waals surface area contributed by atoms with Gasteiger partial charge in [-0.1, -0.05) is 32.9 Å². The van der Waals surface area contributed by atoms with E-state index in [2.05, 4.69) is 47.1 Å². The molecule has 140 valence electrons. The Morgan fingerprint density at radius 2 is 1.93 bits per heavy atom. The smallest absolute Gasteiger partial charge is 0.263 e.